The minimum Gasteiger partial charge on any atom is -0.392 e. The van der Waals surface area contributed by atoms with Crippen molar-refractivity contribution in [2.45, 2.75) is 31.5 Å². The number of primary amides is 1. The van der Waals surface area contributed by atoms with Gasteiger partial charge in [-0.1, -0.05) is 11.6 Å². The van der Waals surface area contributed by atoms with Crippen LogP contribution in [0.25, 0.3) is 0 Å². The Bertz CT molecular complexity index is 1050. The summed E-state index contributed by atoms with van der Waals surface area (Å²) in [6.07, 6.45) is -2.97. The predicted molar refractivity (Wildman–Crippen MR) is 114 cm³/mol. The van der Waals surface area contributed by atoms with E-state index in [-0.39, 0.29) is 18.3 Å². The van der Waals surface area contributed by atoms with Crippen LogP contribution in [0.4, 0.5) is 30.4 Å². The summed E-state index contributed by atoms with van der Waals surface area (Å²) in [5.74, 6) is -1.78. The summed E-state index contributed by atoms with van der Waals surface area (Å²) >= 11 is 6.32. The number of hydrogen-bond acceptors (Lipinski definition) is 7. The Balaban J connectivity index is 1.58. The molecule has 2 aliphatic heterocycles. The fourth-order valence-electron chi connectivity index (χ4n) is 4.20. The number of halogens is 4. The summed E-state index contributed by atoms with van der Waals surface area (Å²) in [5.41, 5.74) is 6.01. The smallest absolute Gasteiger partial charge is 0.392 e. The Morgan fingerprint density at radius 1 is 1.31 bits per heavy atom. The third kappa shape index (κ3) is 3.80. The third-order valence-electron chi connectivity index (χ3n) is 5.75. The van der Waals surface area contributed by atoms with Crippen molar-refractivity contribution < 1.29 is 23.1 Å². The maximum absolute atomic E-state index is 13.1. The quantitative estimate of drug-likeness (QED) is 0.543. The van der Waals surface area contributed by atoms with E-state index in [0.29, 0.717) is 41.7 Å². The van der Waals surface area contributed by atoms with Crippen molar-refractivity contribution in [1.29, 1.82) is 0 Å². The van der Waals surface area contributed by atoms with Gasteiger partial charge in [-0.25, -0.2) is 9.88 Å². The molecule has 5 N–H and O–H groups in total. The van der Waals surface area contributed by atoms with Crippen LogP contribution >= 0.6 is 11.6 Å². The maximum atomic E-state index is 13.1. The van der Waals surface area contributed by atoms with Gasteiger partial charge in [0.2, 0.25) is 5.79 Å². The summed E-state index contributed by atoms with van der Waals surface area (Å²) < 4.78 is 39.4. The first-order valence-corrected chi connectivity index (χ1v) is 10.3. The van der Waals surface area contributed by atoms with Crippen molar-refractivity contribution in [3.05, 3.63) is 46.6 Å². The zero-order valence-corrected chi connectivity index (χ0v) is 17.8. The van der Waals surface area contributed by atoms with Gasteiger partial charge in [0.25, 0.3) is 5.91 Å². The highest BCUT2D eigenvalue weighted by Gasteiger charge is 2.51. The van der Waals surface area contributed by atoms with Crippen molar-refractivity contribution in [2.24, 2.45) is 5.73 Å². The largest absolute Gasteiger partial charge is 0.416 e. The molecule has 1 fully saturated rings. The van der Waals surface area contributed by atoms with E-state index in [2.05, 4.69) is 15.6 Å². The number of anilines is 3. The molecule has 1 unspecified atom stereocenters. The number of carbonyl (C=O) groups is 1. The lowest BCUT2D eigenvalue weighted by Crippen LogP contribution is -2.71. The SMILES string of the molecule is C[C@@H]1CN(c2ncc(CO)cc2Cl)CCN1C1(C(N)=O)Nc2ccc(C(F)(F)F)cc2N1. The zero-order valence-electron chi connectivity index (χ0n) is 17.1. The number of alkyl halides is 3. The van der Waals surface area contributed by atoms with E-state index in [9.17, 15) is 23.1 Å². The van der Waals surface area contributed by atoms with E-state index in [1.807, 2.05) is 11.8 Å². The molecule has 2 aliphatic rings. The molecule has 12 heteroatoms. The molecule has 0 spiro atoms. The average Bonchev–Trinajstić information content (AvgIpc) is 3.12. The fraction of sp³-hybridized carbons (Fsp3) is 0.400. The fourth-order valence-corrected chi connectivity index (χ4v) is 4.51. The van der Waals surface area contributed by atoms with Gasteiger partial charge in [-0.2, -0.15) is 13.2 Å². The Morgan fingerprint density at radius 3 is 2.62 bits per heavy atom. The van der Waals surface area contributed by atoms with E-state index in [0.717, 1.165) is 12.1 Å². The molecule has 1 aromatic heterocycles. The molecular weight excluding hydrogens is 449 g/mol. The van der Waals surface area contributed by atoms with Crippen LogP contribution < -0.4 is 21.3 Å². The molecule has 0 saturated carbocycles. The molecule has 0 bridgehead atoms. The number of nitrogens with one attached hydrogen (secondary N) is 2. The summed E-state index contributed by atoms with van der Waals surface area (Å²) in [4.78, 5) is 20.6. The average molecular weight is 471 g/mol. The van der Waals surface area contributed by atoms with Gasteiger partial charge in [0, 0.05) is 31.9 Å². The lowest BCUT2D eigenvalue weighted by molar-refractivity contribution is -0.137. The van der Waals surface area contributed by atoms with Crippen molar-refractivity contribution in [2.75, 3.05) is 35.2 Å². The first-order valence-electron chi connectivity index (χ1n) is 9.89. The van der Waals surface area contributed by atoms with Crippen molar-refractivity contribution in [3.8, 4) is 0 Å². The molecule has 2 atom stereocenters. The molecule has 172 valence electrons. The number of amides is 1. The standard InChI is InChI=1S/C20H22ClF3N6O2/c1-11-9-29(17-14(21)6-12(10-31)8-26-17)4-5-30(11)20(18(25)32)27-15-3-2-13(19(22,23)24)7-16(15)28-20/h2-3,6-8,11,27-28,31H,4-5,9-10H2,1H3,(H2,25,32)/t11-,20?/m1/s1. The van der Waals surface area contributed by atoms with Gasteiger partial charge in [0.05, 0.1) is 28.6 Å². The highest BCUT2D eigenvalue weighted by molar-refractivity contribution is 6.33. The number of pyridine rings is 1. The monoisotopic (exact) mass is 470 g/mol. The lowest BCUT2D eigenvalue weighted by atomic mass is 10.1. The summed E-state index contributed by atoms with van der Waals surface area (Å²) in [5, 5.41) is 15.5. The van der Waals surface area contributed by atoms with Crippen LogP contribution in [0.5, 0.6) is 0 Å². The summed E-state index contributed by atoms with van der Waals surface area (Å²) in [6.45, 7) is 2.93. The number of hydrogen-bond donors (Lipinski definition) is 4. The highest BCUT2D eigenvalue weighted by atomic mass is 35.5. The minimum atomic E-state index is -4.51. The van der Waals surface area contributed by atoms with E-state index < -0.39 is 23.4 Å². The second-order valence-electron chi connectivity index (χ2n) is 7.88. The van der Waals surface area contributed by atoms with E-state index in [4.69, 9.17) is 17.3 Å². The van der Waals surface area contributed by atoms with Crippen molar-refractivity contribution in [3.63, 3.8) is 0 Å². The number of carbonyl (C=O) groups excluding carboxylic acids is 1. The van der Waals surface area contributed by atoms with Gasteiger partial charge in [-0.15, -0.1) is 0 Å². The topological polar surface area (TPSA) is 107 Å². The molecule has 2 aromatic rings. The number of aliphatic hydroxyl groups is 1. The molecule has 1 aromatic carbocycles. The molecule has 1 saturated heterocycles. The lowest BCUT2D eigenvalue weighted by Gasteiger charge is -2.48. The number of rotatable bonds is 4. The number of aliphatic hydroxyl groups excluding tert-OH is 1. The van der Waals surface area contributed by atoms with Gasteiger partial charge < -0.3 is 26.4 Å². The molecule has 8 nitrogen and oxygen atoms in total. The second kappa shape index (κ2) is 7.98. The van der Waals surface area contributed by atoms with Crippen LogP contribution in [0.15, 0.2) is 30.5 Å². The van der Waals surface area contributed by atoms with E-state index in [1.165, 1.54) is 12.3 Å². The zero-order chi connectivity index (χ0) is 23.3. The molecule has 1 amide bonds. The second-order valence-corrected chi connectivity index (χ2v) is 8.29. The van der Waals surface area contributed by atoms with Gasteiger partial charge in [0.15, 0.2) is 0 Å². The van der Waals surface area contributed by atoms with Crippen LogP contribution in [0.1, 0.15) is 18.1 Å². The number of nitrogens with two attached hydrogens (primary N) is 1. The van der Waals surface area contributed by atoms with Gasteiger partial charge in [0.1, 0.15) is 5.82 Å². The summed E-state index contributed by atoms with van der Waals surface area (Å²) in [7, 11) is 0. The van der Waals surface area contributed by atoms with Crippen LogP contribution in [0.3, 0.4) is 0 Å². The number of nitrogens with zero attached hydrogens (tertiary/aromatic N) is 3. The molecule has 4 rings (SSSR count). The Kier molecular flexibility index (Phi) is 5.60. The van der Waals surface area contributed by atoms with Crippen molar-refractivity contribution >= 4 is 34.7 Å². The normalized spacial score (nSPS) is 23.4. The minimum absolute atomic E-state index is 0.151. The molecule has 3 heterocycles. The molecule has 32 heavy (non-hydrogen) atoms. The van der Waals surface area contributed by atoms with Gasteiger partial charge in [-0.3, -0.25) is 4.79 Å². The maximum Gasteiger partial charge on any atom is 0.416 e. The first kappa shape index (κ1) is 22.4. The predicted octanol–water partition coefficient (Wildman–Crippen LogP) is 2.43. The van der Waals surface area contributed by atoms with E-state index >= 15 is 0 Å². The van der Waals surface area contributed by atoms with Crippen LogP contribution in [0.2, 0.25) is 5.02 Å². The Labute approximate surface area is 187 Å². The van der Waals surface area contributed by atoms with Crippen molar-refractivity contribution in [1.82, 2.24) is 9.88 Å². The highest BCUT2D eigenvalue weighted by Crippen LogP contribution is 2.41. The number of aromatic nitrogens is 1. The third-order valence-corrected chi connectivity index (χ3v) is 6.03. The number of fused-ring (bicyclic) bond motifs is 1. The van der Waals surface area contributed by atoms with Crippen LogP contribution in [-0.4, -0.2) is 52.4 Å². The van der Waals surface area contributed by atoms with Crippen LogP contribution in [-0.2, 0) is 17.6 Å². The molecular formula is C20H22ClF3N6O2. The summed E-state index contributed by atoms with van der Waals surface area (Å²) in [6, 6.07) is 4.59. The molecule has 0 aliphatic carbocycles. The van der Waals surface area contributed by atoms with Gasteiger partial charge >= 0.3 is 6.18 Å². The Hall–Kier alpha value is -2.76. The number of piperazine rings is 1. The van der Waals surface area contributed by atoms with E-state index in [1.54, 1.807) is 11.0 Å². The molecule has 0 radical (unpaired) electrons. The first-order chi connectivity index (χ1) is 15.0. The Morgan fingerprint density at radius 2 is 2.03 bits per heavy atom. The number of benzene rings is 1. The van der Waals surface area contributed by atoms with Crippen LogP contribution in [0, 0.1) is 0 Å². The van der Waals surface area contributed by atoms with Gasteiger partial charge in [-0.05, 0) is 36.8 Å².